The van der Waals surface area contributed by atoms with Crippen LogP contribution in [-0.4, -0.2) is 12.6 Å². The third kappa shape index (κ3) is 5.43. The van der Waals surface area contributed by atoms with Crippen molar-refractivity contribution in [1.29, 1.82) is 0 Å². The molecule has 1 rings (SSSR count). The van der Waals surface area contributed by atoms with Crippen LogP contribution in [0.15, 0.2) is 24.3 Å². The van der Waals surface area contributed by atoms with Crippen molar-refractivity contribution in [2.75, 3.05) is 6.61 Å². The Hall–Kier alpha value is -1.35. The van der Waals surface area contributed by atoms with Crippen molar-refractivity contribution in [3.05, 3.63) is 42.3 Å². The van der Waals surface area contributed by atoms with E-state index in [1.807, 2.05) is 12.1 Å². The van der Waals surface area contributed by atoms with Crippen molar-refractivity contribution in [3.63, 3.8) is 0 Å². The van der Waals surface area contributed by atoms with Gasteiger partial charge in [0, 0.05) is 0 Å². The van der Waals surface area contributed by atoms with Crippen LogP contribution in [0.25, 0.3) is 0 Å². The summed E-state index contributed by atoms with van der Waals surface area (Å²) in [6.45, 7) is 10.5. The smallest absolute Gasteiger partial charge is 0.293 e. The third-order valence-corrected chi connectivity index (χ3v) is 2.85. The molecule has 3 nitrogen and oxygen atoms in total. The second kappa shape index (κ2) is 7.29. The fourth-order valence-electron chi connectivity index (χ4n) is 1.59. The lowest BCUT2D eigenvalue weighted by molar-refractivity contribution is -0.241. The summed E-state index contributed by atoms with van der Waals surface area (Å²) in [7, 11) is 0. The molecule has 0 atom stereocenters. The van der Waals surface area contributed by atoms with Gasteiger partial charge in [0.2, 0.25) is 0 Å². The molecule has 1 aromatic carbocycles. The summed E-state index contributed by atoms with van der Waals surface area (Å²) in [6, 6.07) is 7.42. The summed E-state index contributed by atoms with van der Waals surface area (Å²) in [5, 5.41) is 0. The van der Waals surface area contributed by atoms with Crippen LogP contribution in [0.2, 0.25) is 0 Å². The van der Waals surface area contributed by atoms with Crippen LogP contribution >= 0.6 is 0 Å². The predicted octanol–water partition coefficient (Wildman–Crippen LogP) is 4.08. The molecule has 0 spiro atoms. The lowest BCUT2D eigenvalue weighted by Crippen LogP contribution is -2.12. The minimum atomic E-state index is -0.449. The quantitative estimate of drug-likeness (QED) is 0.441. The molecule has 0 fully saturated rings. The van der Waals surface area contributed by atoms with Crippen LogP contribution in [0.4, 0.5) is 0 Å². The Balaban J connectivity index is 2.45. The van der Waals surface area contributed by atoms with Crippen molar-refractivity contribution >= 4 is 5.97 Å². The molecule has 0 aromatic heterocycles. The predicted molar refractivity (Wildman–Crippen MR) is 75.7 cm³/mol. The van der Waals surface area contributed by atoms with Gasteiger partial charge in [0.15, 0.2) is 0 Å². The molecule has 0 aliphatic rings. The topological polar surface area (TPSA) is 35.5 Å². The van der Waals surface area contributed by atoms with Crippen LogP contribution in [0.5, 0.6) is 0 Å². The number of benzene rings is 1. The maximum atomic E-state index is 11.7. The normalized spacial score (nSPS) is 11.4. The minimum Gasteiger partial charge on any atom is -0.293 e. The Morgan fingerprint density at radius 3 is 2.32 bits per heavy atom. The highest BCUT2D eigenvalue weighted by Crippen LogP contribution is 2.22. The van der Waals surface area contributed by atoms with Gasteiger partial charge in [0.1, 0.15) is 0 Å². The molecule has 0 saturated carbocycles. The first kappa shape index (κ1) is 15.7. The molecule has 0 bridgehead atoms. The molecule has 0 aliphatic heterocycles. The Morgan fingerprint density at radius 1 is 1.16 bits per heavy atom. The highest BCUT2D eigenvalue weighted by Gasteiger charge is 2.15. The Kier molecular flexibility index (Phi) is 6.03. The number of hydrogen-bond acceptors (Lipinski definition) is 3. The molecule has 1 aromatic rings. The molecule has 0 heterocycles. The average molecular weight is 263 g/mol. The minimum absolute atomic E-state index is 0.0765. The Bertz CT molecular complexity index is 387. The van der Waals surface area contributed by atoms with E-state index in [0.717, 1.165) is 19.3 Å². The first-order valence-corrected chi connectivity index (χ1v) is 6.68. The molecule has 0 amide bonds. The van der Waals surface area contributed by atoms with Gasteiger partial charge in [-0.05, 0) is 29.5 Å². The van der Waals surface area contributed by atoms with Crippen molar-refractivity contribution in [3.8, 4) is 0 Å². The summed E-state index contributed by atoms with van der Waals surface area (Å²) in [6.07, 6.45) is 2.68. The molecule has 0 unspecified atom stereocenters. The highest BCUT2D eigenvalue weighted by molar-refractivity contribution is 5.88. The van der Waals surface area contributed by atoms with E-state index >= 15 is 0 Å². The fraction of sp³-hybridized carbons (Fsp3) is 0.500. The van der Waals surface area contributed by atoms with E-state index in [4.69, 9.17) is 9.78 Å². The van der Waals surface area contributed by atoms with E-state index < -0.39 is 5.97 Å². The van der Waals surface area contributed by atoms with Crippen LogP contribution in [-0.2, 0) is 15.2 Å². The zero-order valence-electron chi connectivity index (χ0n) is 12.1. The van der Waals surface area contributed by atoms with Gasteiger partial charge < -0.3 is 0 Å². The summed E-state index contributed by atoms with van der Waals surface area (Å²) < 4.78 is 0. The first-order valence-electron chi connectivity index (χ1n) is 6.68. The van der Waals surface area contributed by atoms with E-state index in [0.29, 0.717) is 12.2 Å². The number of hydrogen-bond donors (Lipinski definition) is 0. The third-order valence-electron chi connectivity index (χ3n) is 2.85. The molecule has 3 heteroatoms. The zero-order valence-corrected chi connectivity index (χ0v) is 12.1. The molecular formula is C16H23O3. The van der Waals surface area contributed by atoms with Crippen molar-refractivity contribution in [1.82, 2.24) is 0 Å². The monoisotopic (exact) mass is 263 g/mol. The van der Waals surface area contributed by atoms with Gasteiger partial charge in [0.25, 0.3) is 0 Å². The van der Waals surface area contributed by atoms with Gasteiger partial charge in [-0.25, -0.2) is 4.79 Å². The molecule has 0 N–H and O–H groups in total. The van der Waals surface area contributed by atoms with E-state index in [1.54, 1.807) is 12.1 Å². The summed E-state index contributed by atoms with van der Waals surface area (Å²) in [5.41, 5.74) is 1.76. The van der Waals surface area contributed by atoms with Gasteiger partial charge in [0.05, 0.1) is 12.2 Å². The lowest BCUT2D eigenvalue weighted by Gasteiger charge is -2.18. The van der Waals surface area contributed by atoms with Crippen LogP contribution in [0.1, 0.15) is 56.0 Å². The largest absolute Gasteiger partial charge is 0.373 e. The summed E-state index contributed by atoms with van der Waals surface area (Å²) >= 11 is 0. The first-order chi connectivity index (χ1) is 8.95. The van der Waals surface area contributed by atoms with Crippen molar-refractivity contribution in [2.45, 2.75) is 45.4 Å². The SMILES string of the molecule is [CH2]CCCCOOC(=O)c1ccc(C(C)(C)C)cc1. The molecular weight excluding hydrogens is 240 g/mol. The Labute approximate surface area is 115 Å². The molecule has 105 valence electrons. The van der Waals surface area contributed by atoms with Crippen LogP contribution in [0.3, 0.4) is 0 Å². The second-order valence-electron chi connectivity index (χ2n) is 5.58. The fourth-order valence-corrected chi connectivity index (χ4v) is 1.59. The van der Waals surface area contributed by atoms with Crippen LogP contribution < -0.4 is 0 Å². The maximum Gasteiger partial charge on any atom is 0.373 e. The molecule has 1 radical (unpaired) electrons. The van der Waals surface area contributed by atoms with Crippen molar-refractivity contribution < 1.29 is 14.6 Å². The van der Waals surface area contributed by atoms with Crippen molar-refractivity contribution in [2.24, 2.45) is 0 Å². The average Bonchev–Trinajstić information content (AvgIpc) is 2.37. The number of unbranched alkanes of at least 4 members (excludes halogenated alkanes) is 2. The lowest BCUT2D eigenvalue weighted by atomic mass is 9.87. The zero-order chi connectivity index (χ0) is 14.3. The Morgan fingerprint density at radius 2 is 1.79 bits per heavy atom. The number of carbonyl (C=O) groups excluding carboxylic acids is 1. The van der Waals surface area contributed by atoms with E-state index in [2.05, 4.69) is 27.7 Å². The number of rotatable bonds is 6. The maximum absolute atomic E-state index is 11.7. The summed E-state index contributed by atoms with van der Waals surface area (Å²) in [5.74, 6) is -0.449. The van der Waals surface area contributed by atoms with E-state index in [-0.39, 0.29) is 5.41 Å². The summed E-state index contributed by atoms with van der Waals surface area (Å²) in [4.78, 5) is 21.3. The molecule has 19 heavy (non-hydrogen) atoms. The standard InChI is InChI=1S/C16H23O3/c1-5-6-7-12-18-19-15(17)13-8-10-14(11-9-13)16(2,3)4/h8-11H,1,5-7,12H2,2-4H3. The van der Waals surface area contributed by atoms with Gasteiger partial charge in [-0.2, -0.15) is 4.89 Å². The molecule has 0 aliphatic carbocycles. The van der Waals surface area contributed by atoms with E-state index in [9.17, 15) is 4.79 Å². The van der Waals surface area contributed by atoms with Crippen LogP contribution in [0, 0.1) is 6.92 Å². The molecule has 0 saturated heterocycles. The van der Waals surface area contributed by atoms with E-state index in [1.165, 1.54) is 5.56 Å². The van der Waals surface area contributed by atoms with Gasteiger partial charge in [-0.3, -0.25) is 4.89 Å². The highest BCUT2D eigenvalue weighted by atomic mass is 17.2. The van der Waals surface area contributed by atoms with Gasteiger partial charge >= 0.3 is 5.97 Å². The van der Waals surface area contributed by atoms with Gasteiger partial charge in [-0.1, -0.05) is 52.7 Å². The number of carbonyl (C=O) groups is 1. The van der Waals surface area contributed by atoms with Gasteiger partial charge in [-0.15, -0.1) is 0 Å². The second-order valence-corrected chi connectivity index (χ2v) is 5.58.